The topological polar surface area (TPSA) is 76.7 Å². The number of rotatable bonds is 6. The average molecular weight is 350 g/mol. The Morgan fingerprint density at radius 1 is 1.24 bits per heavy atom. The van der Waals surface area contributed by atoms with Crippen LogP contribution in [0.25, 0.3) is 0 Å². The SMILES string of the molecule is [2H]O[C@@](Cn1cncn1)(c1ccc(F)cc1F)[C@@H](C)c1ncncc1F. The predicted octanol–water partition coefficient (Wildman–Crippen LogP) is 2.18. The van der Waals surface area contributed by atoms with Crippen LogP contribution in [0.5, 0.6) is 0 Å². The minimum atomic E-state index is -1.75. The van der Waals surface area contributed by atoms with Crippen LogP contribution in [-0.4, -0.2) is 31.3 Å². The minimum Gasteiger partial charge on any atom is -0.382 e. The molecule has 0 unspecified atom stereocenters. The molecule has 0 saturated heterocycles. The molecule has 1 aromatic carbocycles. The highest BCUT2D eigenvalue weighted by atomic mass is 19.1. The molecule has 2 aromatic heterocycles. The van der Waals surface area contributed by atoms with Crippen LogP contribution in [0, 0.1) is 17.5 Å². The van der Waals surface area contributed by atoms with Gasteiger partial charge in [-0.25, -0.2) is 32.8 Å². The van der Waals surface area contributed by atoms with Gasteiger partial charge in [-0.1, -0.05) is 13.0 Å². The van der Waals surface area contributed by atoms with E-state index in [9.17, 15) is 13.2 Å². The van der Waals surface area contributed by atoms with Crippen molar-refractivity contribution in [3.63, 3.8) is 0 Å². The van der Waals surface area contributed by atoms with Gasteiger partial charge < -0.3 is 5.11 Å². The molecule has 1 N–H and O–H groups in total. The molecule has 3 aromatic rings. The Hall–Kier alpha value is -2.81. The van der Waals surface area contributed by atoms with Crippen molar-refractivity contribution in [3.8, 4) is 0 Å². The Balaban J connectivity index is 2.18. The summed E-state index contributed by atoms with van der Waals surface area (Å²) in [6.07, 6.45) is 4.70. The van der Waals surface area contributed by atoms with Crippen molar-refractivity contribution in [1.29, 1.82) is 1.43 Å². The quantitative estimate of drug-likeness (QED) is 0.737. The second-order valence-corrected chi connectivity index (χ2v) is 5.58. The fraction of sp³-hybridized carbons (Fsp3) is 0.250. The maximum atomic E-state index is 14.6. The molecule has 6 nitrogen and oxygen atoms in total. The van der Waals surface area contributed by atoms with E-state index < -0.39 is 29.0 Å². The van der Waals surface area contributed by atoms with Gasteiger partial charge in [0.05, 0.1) is 18.4 Å². The van der Waals surface area contributed by atoms with E-state index >= 15 is 0 Å². The summed E-state index contributed by atoms with van der Waals surface area (Å²) in [6.45, 7) is 1.35. The summed E-state index contributed by atoms with van der Waals surface area (Å²) in [5.74, 6) is -3.39. The molecule has 0 aliphatic carbocycles. The third kappa shape index (κ3) is 3.22. The zero-order valence-corrected chi connectivity index (χ0v) is 13.1. The van der Waals surface area contributed by atoms with Crippen molar-refractivity contribution in [2.75, 3.05) is 0 Å². The van der Waals surface area contributed by atoms with Gasteiger partial charge in [-0.2, -0.15) is 5.10 Å². The minimum absolute atomic E-state index is 0.0731. The first-order valence-corrected chi connectivity index (χ1v) is 7.35. The Kier molecular flexibility index (Phi) is 4.14. The summed E-state index contributed by atoms with van der Waals surface area (Å²) in [5.41, 5.74) is -1.95. The summed E-state index contributed by atoms with van der Waals surface area (Å²) in [4.78, 5) is 11.3. The lowest BCUT2D eigenvalue weighted by Crippen LogP contribution is -2.39. The number of hydrogen-bond acceptors (Lipinski definition) is 5. The monoisotopic (exact) mass is 350 g/mol. The van der Waals surface area contributed by atoms with Gasteiger partial charge in [-0.3, -0.25) is 0 Å². The van der Waals surface area contributed by atoms with Gasteiger partial charge in [0.2, 0.25) is 1.43 Å². The predicted molar refractivity (Wildman–Crippen MR) is 80.7 cm³/mol. The molecule has 0 bridgehead atoms. The molecular formula is C16H14F3N5O. The van der Waals surface area contributed by atoms with Crippen molar-refractivity contribution in [3.05, 3.63) is 72.1 Å². The molecule has 0 aliphatic heterocycles. The first-order valence-electron chi connectivity index (χ1n) is 7.76. The van der Waals surface area contributed by atoms with Crippen molar-refractivity contribution >= 4 is 0 Å². The van der Waals surface area contributed by atoms with Crippen molar-refractivity contribution in [1.82, 2.24) is 24.7 Å². The largest absolute Gasteiger partial charge is 0.382 e. The van der Waals surface area contributed by atoms with Crippen LogP contribution in [0.4, 0.5) is 13.2 Å². The van der Waals surface area contributed by atoms with E-state index in [4.69, 9.17) is 6.54 Å². The Bertz CT molecular complexity index is 895. The van der Waals surface area contributed by atoms with Crippen LogP contribution >= 0.6 is 0 Å². The number of aromatic nitrogens is 5. The van der Waals surface area contributed by atoms with Gasteiger partial charge in [-0.15, -0.1) is 0 Å². The molecule has 0 saturated carbocycles. The van der Waals surface area contributed by atoms with Gasteiger partial charge in [-0.05, 0) is 6.07 Å². The maximum Gasteiger partial charge on any atom is 0.211 e. The number of halogens is 3. The van der Waals surface area contributed by atoms with Crippen LogP contribution in [0.3, 0.4) is 0 Å². The molecule has 2 heterocycles. The Morgan fingerprint density at radius 2 is 2.08 bits per heavy atom. The van der Waals surface area contributed by atoms with E-state index in [0.29, 0.717) is 6.07 Å². The number of hydrogen-bond donors (Lipinski definition) is 1. The van der Waals surface area contributed by atoms with Gasteiger partial charge in [0, 0.05) is 17.5 Å². The molecule has 2 atom stereocenters. The van der Waals surface area contributed by atoms with Gasteiger partial charge in [0.1, 0.15) is 36.2 Å². The van der Waals surface area contributed by atoms with Gasteiger partial charge in [0.15, 0.2) is 5.82 Å². The van der Waals surface area contributed by atoms with Crippen LogP contribution in [0.15, 0.2) is 43.4 Å². The van der Waals surface area contributed by atoms with Crippen molar-refractivity contribution < 1.29 is 18.3 Å². The van der Waals surface area contributed by atoms with E-state index in [-0.39, 0.29) is 17.8 Å². The zero-order chi connectivity index (χ0) is 18.7. The van der Waals surface area contributed by atoms with Crippen molar-refractivity contribution in [2.45, 2.75) is 25.0 Å². The molecule has 0 spiro atoms. The molecule has 25 heavy (non-hydrogen) atoms. The number of aliphatic hydroxyl groups is 1. The second kappa shape index (κ2) is 6.60. The third-order valence-corrected chi connectivity index (χ3v) is 4.06. The highest BCUT2D eigenvalue weighted by molar-refractivity contribution is 5.30. The van der Waals surface area contributed by atoms with Crippen LogP contribution in [-0.2, 0) is 12.1 Å². The number of benzene rings is 1. The smallest absolute Gasteiger partial charge is 0.211 e. The van der Waals surface area contributed by atoms with E-state index in [1.54, 1.807) is 0 Å². The highest BCUT2D eigenvalue weighted by Crippen LogP contribution is 2.39. The normalized spacial score (nSPS) is 15.4. The fourth-order valence-corrected chi connectivity index (χ4v) is 2.70. The molecule has 3 rings (SSSR count). The van der Waals surface area contributed by atoms with Gasteiger partial charge >= 0.3 is 0 Å². The Morgan fingerprint density at radius 3 is 2.72 bits per heavy atom. The lowest BCUT2D eigenvalue weighted by molar-refractivity contribution is -0.0133. The Labute approximate surface area is 142 Å². The summed E-state index contributed by atoms with van der Waals surface area (Å²) in [6, 6.07) is 2.87. The van der Waals surface area contributed by atoms with E-state index in [0.717, 1.165) is 24.7 Å². The fourth-order valence-electron chi connectivity index (χ4n) is 2.70. The summed E-state index contributed by atoms with van der Waals surface area (Å²) < 4.78 is 51.1. The zero-order valence-electron chi connectivity index (χ0n) is 14.1. The lowest BCUT2D eigenvalue weighted by Gasteiger charge is -2.34. The molecular weight excluding hydrogens is 335 g/mol. The van der Waals surface area contributed by atoms with Crippen molar-refractivity contribution in [2.24, 2.45) is 0 Å². The first-order chi connectivity index (χ1) is 12.5. The molecule has 9 heteroatoms. The molecule has 0 radical (unpaired) electrons. The van der Waals surface area contributed by atoms with Crippen LogP contribution in [0.2, 0.25) is 0 Å². The van der Waals surface area contributed by atoms with E-state index in [1.807, 2.05) is 0 Å². The second-order valence-electron chi connectivity index (χ2n) is 5.58. The molecule has 0 amide bonds. The first kappa shape index (κ1) is 15.7. The van der Waals surface area contributed by atoms with Crippen LogP contribution < -0.4 is 0 Å². The highest BCUT2D eigenvalue weighted by Gasteiger charge is 2.41. The van der Waals surface area contributed by atoms with Crippen LogP contribution in [0.1, 0.15) is 24.1 Å². The van der Waals surface area contributed by atoms with E-state index in [2.05, 4.69) is 20.1 Å². The summed E-state index contributed by atoms with van der Waals surface area (Å²) in [5, 5.41) is 8.90. The molecule has 130 valence electrons. The molecule has 0 fully saturated rings. The summed E-state index contributed by atoms with van der Waals surface area (Å²) >= 11 is 0. The average Bonchev–Trinajstić information content (AvgIpc) is 3.13. The molecule has 0 aliphatic rings. The standard InChI is InChI=1S/C16H14F3N5O/c1-10(15-14(19)5-20-7-22-15)16(25,6-24-9-21-8-23-24)12-3-2-11(17)4-13(12)18/h2-5,7-10,25H,6H2,1H3/t10-,16+/m0/s1/i25D. The third-order valence-electron chi connectivity index (χ3n) is 4.06. The lowest BCUT2D eigenvalue weighted by atomic mass is 9.79. The van der Waals surface area contributed by atoms with Gasteiger partial charge in [0.25, 0.3) is 0 Å². The summed E-state index contributed by atoms with van der Waals surface area (Å²) in [7, 11) is 0. The number of nitrogens with zero attached hydrogens (tertiary/aromatic N) is 5. The maximum absolute atomic E-state index is 14.6. The van der Waals surface area contributed by atoms with E-state index in [1.165, 1.54) is 24.3 Å².